The Hall–Kier alpha value is -4.34. The van der Waals surface area contributed by atoms with Gasteiger partial charge in [0.2, 0.25) is 0 Å². The van der Waals surface area contributed by atoms with E-state index in [-0.39, 0.29) is 11.6 Å². The summed E-state index contributed by atoms with van der Waals surface area (Å²) in [6.45, 7) is 7.14. The van der Waals surface area contributed by atoms with Gasteiger partial charge >= 0.3 is 5.97 Å². The van der Waals surface area contributed by atoms with E-state index in [9.17, 15) is 9.59 Å². The van der Waals surface area contributed by atoms with E-state index in [1.807, 2.05) is 33.8 Å². The number of fused-ring (bicyclic) bond motifs is 1. The van der Waals surface area contributed by atoms with Crippen molar-refractivity contribution in [3.8, 4) is 22.8 Å². The molecule has 10 heteroatoms. The molecule has 0 unspecified atom stereocenters. The Bertz CT molecular complexity index is 1440. The lowest BCUT2D eigenvalue weighted by Crippen LogP contribution is -2.21. The first-order valence-electron chi connectivity index (χ1n) is 11.4. The maximum atomic E-state index is 13.1. The van der Waals surface area contributed by atoms with Crippen LogP contribution in [0.1, 0.15) is 41.8 Å². The molecule has 1 N–H and O–H groups in total. The van der Waals surface area contributed by atoms with Crippen molar-refractivity contribution < 1.29 is 28.2 Å². The predicted octanol–water partition coefficient (Wildman–Crippen LogP) is 4.70. The third kappa shape index (κ3) is 4.88. The van der Waals surface area contributed by atoms with Crippen LogP contribution in [0, 0.1) is 13.8 Å². The van der Waals surface area contributed by atoms with E-state index in [1.54, 1.807) is 35.1 Å². The first-order chi connectivity index (χ1) is 17.2. The average Bonchev–Trinajstić information content (AvgIpc) is 3.44. The van der Waals surface area contributed by atoms with Gasteiger partial charge < -0.3 is 23.9 Å². The van der Waals surface area contributed by atoms with Crippen molar-refractivity contribution in [3.05, 3.63) is 53.6 Å². The van der Waals surface area contributed by atoms with Crippen LogP contribution in [0.25, 0.3) is 22.3 Å². The van der Waals surface area contributed by atoms with Gasteiger partial charge in [-0.25, -0.2) is 14.5 Å². The lowest BCUT2D eigenvalue weighted by molar-refractivity contribution is -0.119. The molecular formula is C26H28N4O6. The highest BCUT2D eigenvalue weighted by Gasteiger charge is 2.22. The van der Waals surface area contributed by atoms with Crippen molar-refractivity contribution in [2.24, 2.45) is 0 Å². The third-order valence-electron chi connectivity index (χ3n) is 5.61. The number of nitrogens with zero attached hydrogens (tertiary/aromatic N) is 3. The van der Waals surface area contributed by atoms with Crippen LogP contribution in [-0.4, -0.2) is 47.5 Å². The van der Waals surface area contributed by atoms with E-state index in [0.29, 0.717) is 39.7 Å². The molecule has 0 saturated heterocycles. The van der Waals surface area contributed by atoms with Crippen LogP contribution in [0.15, 0.2) is 40.9 Å². The topological polar surface area (TPSA) is 118 Å². The van der Waals surface area contributed by atoms with Crippen LogP contribution < -0.4 is 14.8 Å². The van der Waals surface area contributed by atoms with Crippen molar-refractivity contribution in [3.63, 3.8) is 0 Å². The van der Waals surface area contributed by atoms with Crippen molar-refractivity contribution in [2.75, 3.05) is 26.1 Å². The number of hydrogen-bond acceptors (Lipinski definition) is 8. The van der Waals surface area contributed by atoms with Gasteiger partial charge in [0.1, 0.15) is 23.0 Å². The van der Waals surface area contributed by atoms with E-state index in [4.69, 9.17) is 23.6 Å². The van der Waals surface area contributed by atoms with Crippen molar-refractivity contribution >= 4 is 28.6 Å². The number of ether oxygens (including phenoxy) is 3. The SMILES string of the molecule is COc1ccc(NC(=O)COC(=O)c2cc(-c3cc(C)oc3C)nc3c2cnn3C(C)C)c(OC)c1. The summed E-state index contributed by atoms with van der Waals surface area (Å²) in [6.07, 6.45) is 1.58. The van der Waals surface area contributed by atoms with Crippen molar-refractivity contribution in [2.45, 2.75) is 33.7 Å². The van der Waals surface area contributed by atoms with E-state index in [1.165, 1.54) is 14.2 Å². The highest BCUT2D eigenvalue weighted by atomic mass is 16.5. The monoisotopic (exact) mass is 492 g/mol. The van der Waals surface area contributed by atoms with Crippen molar-refractivity contribution in [1.29, 1.82) is 0 Å². The fourth-order valence-electron chi connectivity index (χ4n) is 3.88. The highest BCUT2D eigenvalue weighted by Crippen LogP contribution is 2.31. The van der Waals surface area contributed by atoms with Gasteiger partial charge in [-0.05, 0) is 52.0 Å². The van der Waals surface area contributed by atoms with Crippen LogP contribution in [-0.2, 0) is 9.53 Å². The number of esters is 1. The minimum atomic E-state index is -0.665. The molecule has 4 rings (SSSR count). The Morgan fingerprint density at radius 1 is 1.11 bits per heavy atom. The maximum absolute atomic E-state index is 13.1. The number of anilines is 1. The fraction of sp³-hybridized carbons (Fsp3) is 0.308. The zero-order valence-corrected chi connectivity index (χ0v) is 21.0. The second kappa shape index (κ2) is 10.1. The average molecular weight is 493 g/mol. The quantitative estimate of drug-likeness (QED) is 0.352. The summed E-state index contributed by atoms with van der Waals surface area (Å²) in [7, 11) is 3.02. The number of furan rings is 1. The van der Waals surface area contributed by atoms with Crippen LogP contribution in [0.3, 0.4) is 0 Å². The number of rotatable bonds is 8. The van der Waals surface area contributed by atoms with Gasteiger partial charge in [0.05, 0.1) is 42.7 Å². The summed E-state index contributed by atoms with van der Waals surface area (Å²) in [5.41, 5.74) is 2.55. The lowest BCUT2D eigenvalue weighted by Gasteiger charge is -2.12. The zero-order chi connectivity index (χ0) is 26.0. The number of aromatic nitrogens is 3. The molecule has 0 aliphatic carbocycles. The molecule has 1 amide bonds. The van der Waals surface area contributed by atoms with Gasteiger partial charge in [0.15, 0.2) is 12.3 Å². The molecule has 10 nitrogen and oxygen atoms in total. The molecule has 188 valence electrons. The molecule has 0 radical (unpaired) electrons. The molecule has 0 aliphatic heterocycles. The molecule has 3 aromatic heterocycles. The first-order valence-corrected chi connectivity index (χ1v) is 11.4. The number of aryl methyl sites for hydroxylation is 2. The minimum Gasteiger partial charge on any atom is -0.497 e. The molecule has 3 heterocycles. The van der Waals surface area contributed by atoms with Crippen LogP contribution in [0.5, 0.6) is 11.5 Å². The zero-order valence-electron chi connectivity index (χ0n) is 21.0. The Labute approximate surface area is 208 Å². The van der Waals surface area contributed by atoms with Crippen molar-refractivity contribution in [1.82, 2.24) is 14.8 Å². The maximum Gasteiger partial charge on any atom is 0.339 e. The molecule has 1 aromatic carbocycles. The Balaban J connectivity index is 1.60. The number of carbonyl (C=O) groups is 2. The van der Waals surface area contributed by atoms with Gasteiger partial charge in [0, 0.05) is 17.7 Å². The second-order valence-corrected chi connectivity index (χ2v) is 8.49. The lowest BCUT2D eigenvalue weighted by atomic mass is 10.1. The Kier molecular flexibility index (Phi) is 6.96. The van der Waals surface area contributed by atoms with E-state index in [2.05, 4.69) is 10.4 Å². The normalized spacial score (nSPS) is 11.1. The van der Waals surface area contributed by atoms with Gasteiger partial charge in [-0.3, -0.25) is 4.79 Å². The molecular weight excluding hydrogens is 464 g/mol. The smallest absolute Gasteiger partial charge is 0.339 e. The Morgan fingerprint density at radius 2 is 1.89 bits per heavy atom. The number of methoxy groups -OCH3 is 2. The third-order valence-corrected chi connectivity index (χ3v) is 5.61. The summed E-state index contributed by atoms with van der Waals surface area (Å²) < 4.78 is 23.2. The number of hydrogen-bond donors (Lipinski definition) is 1. The molecule has 4 aromatic rings. The molecule has 0 bridgehead atoms. The Morgan fingerprint density at radius 3 is 2.53 bits per heavy atom. The standard InChI is InChI=1S/C26H28N4O6/c1-14(2)30-25-20(12-27-30)19(11-22(29-25)18-9-15(3)36-16(18)4)26(32)35-13-24(31)28-21-8-7-17(33-5)10-23(21)34-6/h7-12,14H,13H2,1-6H3,(H,28,31). The molecule has 0 atom stereocenters. The molecule has 0 saturated carbocycles. The molecule has 0 spiro atoms. The summed E-state index contributed by atoms with van der Waals surface area (Å²) in [6, 6.07) is 8.49. The molecule has 36 heavy (non-hydrogen) atoms. The van der Waals surface area contributed by atoms with Gasteiger partial charge in [-0.2, -0.15) is 5.10 Å². The van der Waals surface area contributed by atoms with Crippen LogP contribution in [0.4, 0.5) is 5.69 Å². The molecule has 0 aliphatic rings. The summed E-state index contributed by atoms with van der Waals surface area (Å²) in [5.74, 6) is 1.23. The summed E-state index contributed by atoms with van der Waals surface area (Å²) in [4.78, 5) is 30.4. The van der Waals surface area contributed by atoms with E-state index >= 15 is 0 Å². The summed E-state index contributed by atoms with van der Waals surface area (Å²) in [5, 5.41) is 7.62. The molecule has 0 fully saturated rings. The number of benzene rings is 1. The summed E-state index contributed by atoms with van der Waals surface area (Å²) >= 11 is 0. The number of amides is 1. The van der Waals surface area contributed by atoms with Gasteiger partial charge in [0.25, 0.3) is 5.91 Å². The number of pyridine rings is 1. The van der Waals surface area contributed by atoms with Gasteiger partial charge in [-0.15, -0.1) is 0 Å². The van der Waals surface area contributed by atoms with Gasteiger partial charge in [-0.1, -0.05) is 0 Å². The second-order valence-electron chi connectivity index (χ2n) is 8.49. The van der Waals surface area contributed by atoms with E-state index < -0.39 is 18.5 Å². The van der Waals surface area contributed by atoms with Crippen LogP contribution >= 0.6 is 0 Å². The first kappa shape index (κ1) is 24.8. The largest absolute Gasteiger partial charge is 0.497 e. The minimum absolute atomic E-state index is 0.0200. The number of carbonyl (C=O) groups excluding carboxylic acids is 2. The predicted molar refractivity (Wildman–Crippen MR) is 134 cm³/mol. The highest BCUT2D eigenvalue weighted by molar-refractivity contribution is 6.05. The fourth-order valence-corrected chi connectivity index (χ4v) is 3.88. The van der Waals surface area contributed by atoms with E-state index in [0.717, 1.165) is 11.3 Å². The van der Waals surface area contributed by atoms with Crippen LogP contribution in [0.2, 0.25) is 0 Å². The number of nitrogens with one attached hydrogen (secondary N) is 1.